The molecule has 1 aromatic carbocycles. The Morgan fingerprint density at radius 2 is 1.96 bits per heavy atom. The van der Waals surface area contributed by atoms with E-state index in [1.807, 2.05) is 6.92 Å². The number of hydrogen-bond donors (Lipinski definition) is 2. The lowest BCUT2D eigenvalue weighted by Gasteiger charge is -2.18. The van der Waals surface area contributed by atoms with Crippen molar-refractivity contribution in [3.63, 3.8) is 0 Å². The van der Waals surface area contributed by atoms with Crippen molar-refractivity contribution in [3.05, 3.63) is 40.2 Å². The molecule has 0 saturated carbocycles. The molecule has 0 saturated heterocycles. The van der Waals surface area contributed by atoms with Gasteiger partial charge in [0.15, 0.2) is 6.10 Å². The molecule has 2 atom stereocenters. The van der Waals surface area contributed by atoms with E-state index < -0.39 is 29.6 Å². The molecule has 2 N–H and O–H groups in total. The number of amides is 1. The van der Waals surface area contributed by atoms with E-state index in [1.54, 1.807) is 18.2 Å². The van der Waals surface area contributed by atoms with Gasteiger partial charge in [0, 0.05) is 17.5 Å². The zero-order valence-corrected chi connectivity index (χ0v) is 16.5. The molecule has 0 aliphatic carbocycles. The van der Waals surface area contributed by atoms with Gasteiger partial charge in [-0.25, -0.2) is 9.59 Å². The minimum absolute atomic E-state index is 0.343. The standard InChI is InChI=1S/C21H27NO6/c1-4-6-8-14-11-19(23)28-18-12-15(9-10-16(14)18)27-13(3)20(24)22-17(7-5-2)21(25)26/h9-13,17H,4-8H2,1-3H3,(H,22,24)(H,25,26)/t13-,17+/m1/s1. The highest BCUT2D eigenvalue weighted by Gasteiger charge is 2.23. The fourth-order valence-corrected chi connectivity index (χ4v) is 2.95. The number of benzene rings is 1. The lowest BCUT2D eigenvalue weighted by Crippen LogP contribution is -2.46. The molecule has 1 amide bonds. The van der Waals surface area contributed by atoms with Crippen molar-refractivity contribution >= 4 is 22.8 Å². The summed E-state index contributed by atoms with van der Waals surface area (Å²) in [7, 11) is 0. The van der Waals surface area contributed by atoms with Crippen molar-refractivity contribution in [1.29, 1.82) is 0 Å². The third-order valence-corrected chi connectivity index (χ3v) is 4.48. The topological polar surface area (TPSA) is 106 Å². The van der Waals surface area contributed by atoms with Crippen LogP contribution in [-0.4, -0.2) is 29.1 Å². The Morgan fingerprint density at radius 1 is 1.21 bits per heavy atom. The molecule has 7 heteroatoms. The summed E-state index contributed by atoms with van der Waals surface area (Å²) in [6, 6.07) is 5.66. The number of nitrogens with one attached hydrogen (secondary N) is 1. The second-order valence-corrected chi connectivity index (χ2v) is 6.80. The zero-order valence-electron chi connectivity index (χ0n) is 16.5. The number of carboxylic acids is 1. The van der Waals surface area contributed by atoms with Crippen LogP contribution in [0.5, 0.6) is 5.75 Å². The van der Waals surface area contributed by atoms with Crippen LogP contribution >= 0.6 is 0 Å². The van der Waals surface area contributed by atoms with E-state index in [0.717, 1.165) is 30.2 Å². The normalized spacial score (nSPS) is 13.1. The lowest BCUT2D eigenvalue weighted by molar-refractivity contribution is -0.143. The second kappa shape index (κ2) is 9.92. The molecule has 0 aliphatic heterocycles. The predicted octanol–water partition coefficient (Wildman–Crippen LogP) is 3.27. The summed E-state index contributed by atoms with van der Waals surface area (Å²) in [5.41, 5.74) is 0.901. The summed E-state index contributed by atoms with van der Waals surface area (Å²) < 4.78 is 10.9. The molecule has 1 aromatic heterocycles. The zero-order chi connectivity index (χ0) is 20.7. The number of ether oxygens (including phenoxy) is 1. The number of carbonyl (C=O) groups excluding carboxylic acids is 1. The Labute approximate surface area is 163 Å². The van der Waals surface area contributed by atoms with Gasteiger partial charge in [-0.1, -0.05) is 26.7 Å². The second-order valence-electron chi connectivity index (χ2n) is 6.80. The molecule has 2 rings (SSSR count). The SMILES string of the molecule is CCCCc1cc(=O)oc2cc(O[C@H](C)C(=O)N[C@@H](CCC)C(=O)O)ccc12. The van der Waals surface area contributed by atoms with Crippen LogP contribution in [0.2, 0.25) is 0 Å². The number of aliphatic carboxylic acids is 1. The first-order valence-corrected chi connectivity index (χ1v) is 9.62. The summed E-state index contributed by atoms with van der Waals surface area (Å²) in [4.78, 5) is 35.3. The summed E-state index contributed by atoms with van der Waals surface area (Å²) in [5, 5.41) is 12.5. The van der Waals surface area contributed by atoms with Gasteiger partial charge >= 0.3 is 11.6 Å². The summed E-state index contributed by atoms with van der Waals surface area (Å²) in [5.74, 6) is -1.22. The number of carbonyl (C=O) groups is 2. The van der Waals surface area contributed by atoms with Gasteiger partial charge in [0.25, 0.3) is 5.91 Å². The Bertz CT molecular complexity index is 888. The summed E-state index contributed by atoms with van der Waals surface area (Å²) >= 11 is 0. The lowest BCUT2D eigenvalue weighted by atomic mass is 10.0. The molecule has 0 spiro atoms. The van der Waals surface area contributed by atoms with E-state index >= 15 is 0 Å². The van der Waals surface area contributed by atoms with Gasteiger partial charge in [-0.15, -0.1) is 0 Å². The van der Waals surface area contributed by atoms with Crippen LogP contribution in [0.4, 0.5) is 0 Å². The average Bonchev–Trinajstić information content (AvgIpc) is 2.65. The van der Waals surface area contributed by atoms with Crippen LogP contribution in [0.25, 0.3) is 11.0 Å². The van der Waals surface area contributed by atoms with E-state index in [-0.39, 0.29) is 0 Å². The van der Waals surface area contributed by atoms with Gasteiger partial charge in [-0.05, 0) is 43.9 Å². The highest BCUT2D eigenvalue weighted by molar-refractivity contribution is 5.86. The van der Waals surface area contributed by atoms with Crippen LogP contribution in [0.3, 0.4) is 0 Å². The molecule has 1 heterocycles. The maximum atomic E-state index is 12.3. The van der Waals surface area contributed by atoms with E-state index in [2.05, 4.69) is 12.2 Å². The summed E-state index contributed by atoms with van der Waals surface area (Å²) in [6.07, 6.45) is 2.85. The minimum atomic E-state index is -1.07. The molecular formula is C21H27NO6. The van der Waals surface area contributed by atoms with Crippen LogP contribution in [0.15, 0.2) is 33.5 Å². The van der Waals surface area contributed by atoms with Crippen molar-refractivity contribution in [2.24, 2.45) is 0 Å². The Balaban J connectivity index is 2.16. The maximum absolute atomic E-state index is 12.3. The van der Waals surface area contributed by atoms with Crippen molar-refractivity contribution < 1.29 is 23.8 Å². The van der Waals surface area contributed by atoms with Crippen LogP contribution in [0.1, 0.15) is 52.0 Å². The molecule has 0 radical (unpaired) electrons. The molecule has 0 fully saturated rings. The number of hydrogen-bond acceptors (Lipinski definition) is 5. The van der Waals surface area contributed by atoms with Crippen molar-refractivity contribution in [3.8, 4) is 5.75 Å². The van der Waals surface area contributed by atoms with E-state index in [0.29, 0.717) is 24.2 Å². The molecule has 0 bridgehead atoms. The van der Waals surface area contributed by atoms with Crippen LogP contribution < -0.4 is 15.7 Å². The average molecular weight is 389 g/mol. The first-order valence-electron chi connectivity index (χ1n) is 9.62. The molecule has 2 aromatic rings. The number of unbranched alkanes of at least 4 members (excludes halogenated alkanes) is 1. The van der Waals surface area contributed by atoms with E-state index in [1.165, 1.54) is 13.0 Å². The fraction of sp³-hybridized carbons (Fsp3) is 0.476. The smallest absolute Gasteiger partial charge is 0.336 e. The molecule has 0 unspecified atom stereocenters. The first kappa shape index (κ1) is 21.5. The molecule has 7 nitrogen and oxygen atoms in total. The minimum Gasteiger partial charge on any atom is -0.481 e. The van der Waals surface area contributed by atoms with Gasteiger partial charge in [0.2, 0.25) is 0 Å². The third-order valence-electron chi connectivity index (χ3n) is 4.48. The van der Waals surface area contributed by atoms with Gasteiger partial charge < -0.3 is 19.6 Å². The van der Waals surface area contributed by atoms with Gasteiger partial charge in [0.05, 0.1) is 0 Å². The monoisotopic (exact) mass is 389 g/mol. The first-order chi connectivity index (χ1) is 13.3. The molecule has 152 valence electrons. The Kier molecular flexibility index (Phi) is 7.61. The number of rotatable bonds is 10. The van der Waals surface area contributed by atoms with E-state index in [4.69, 9.17) is 14.3 Å². The van der Waals surface area contributed by atoms with Crippen molar-refractivity contribution in [2.45, 2.75) is 65.0 Å². The van der Waals surface area contributed by atoms with Gasteiger partial charge in [0.1, 0.15) is 17.4 Å². The number of carboxylic acid groups (broad SMARTS) is 1. The maximum Gasteiger partial charge on any atom is 0.336 e. The molecule has 0 aliphatic rings. The Hall–Kier alpha value is -2.83. The molecule has 28 heavy (non-hydrogen) atoms. The summed E-state index contributed by atoms with van der Waals surface area (Å²) in [6.45, 7) is 5.47. The van der Waals surface area contributed by atoms with Crippen molar-refractivity contribution in [1.82, 2.24) is 5.32 Å². The molecular weight excluding hydrogens is 362 g/mol. The van der Waals surface area contributed by atoms with Crippen molar-refractivity contribution in [2.75, 3.05) is 0 Å². The highest BCUT2D eigenvalue weighted by atomic mass is 16.5. The number of aryl methyl sites for hydroxylation is 1. The highest BCUT2D eigenvalue weighted by Crippen LogP contribution is 2.24. The largest absolute Gasteiger partial charge is 0.481 e. The fourth-order valence-electron chi connectivity index (χ4n) is 2.95. The third kappa shape index (κ3) is 5.58. The van der Waals surface area contributed by atoms with Gasteiger partial charge in [-0.2, -0.15) is 0 Å². The van der Waals surface area contributed by atoms with E-state index in [9.17, 15) is 14.4 Å². The Morgan fingerprint density at radius 3 is 2.61 bits per heavy atom. The predicted molar refractivity (Wildman–Crippen MR) is 106 cm³/mol. The van der Waals surface area contributed by atoms with Crippen LogP contribution in [0, 0.1) is 0 Å². The van der Waals surface area contributed by atoms with Crippen LogP contribution in [-0.2, 0) is 16.0 Å². The van der Waals surface area contributed by atoms with Gasteiger partial charge in [-0.3, -0.25) is 4.79 Å². The number of fused-ring (bicyclic) bond motifs is 1. The quantitative estimate of drug-likeness (QED) is 0.604.